The summed E-state index contributed by atoms with van der Waals surface area (Å²) in [6.07, 6.45) is 0.927. The predicted octanol–water partition coefficient (Wildman–Crippen LogP) is 2.89. The zero-order valence-electron chi connectivity index (χ0n) is 8.59. The highest BCUT2D eigenvalue weighted by Gasteiger charge is 2.21. The maximum absolute atomic E-state index is 6.10. The molecule has 0 aliphatic rings. The van der Waals surface area contributed by atoms with Crippen LogP contribution in [0.3, 0.4) is 0 Å². The van der Waals surface area contributed by atoms with Gasteiger partial charge in [-0.3, -0.25) is 0 Å². The first-order valence-corrected chi connectivity index (χ1v) is 6.26. The van der Waals surface area contributed by atoms with E-state index in [1.54, 1.807) is 11.3 Å². The lowest BCUT2D eigenvalue weighted by atomic mass is 9.86. The van der Waals surface area contributed by atoms with Crippen LogP contribution in [0.4, 0.5) is 0 Å². The molecule has 0 aliphatic carbocycles. The van der Waals surface area contributed by atoms with E-state index in [0.717, 1.165) is 10.2 Å². The highest BCUT2D eigenvalue weighted by molar-refractivity contribution is 9.11. The van der Waals surface area contributed by atoms with E-state index in [1.165, 1.54) is 4.88 Å². The van der Waals surface area contributed by atoms with Crippen LogP contribution in [-0.4, -0.2) is 6.54 Å². The summed E-state index contributed by atoms with van der Waals surface area (Å²) >= 11 is 5.13. The summed E-state index contributed by atoms with van der Waals surface area (Å²) in [5.74, 6) is 0. The molecule has 4 N–H and O–H groups in total. The SMILES string of the molecule is CC(C)(CN)CC(N)c1ccc(Br)s1. The lowest BCUT2D eigenvalue weighted by Gasteiger charge is -2.25. The fraction of sp³-hybridized carbons (Fsp3) is 0.600. The summed E-state index contributed by atoms with van der Waals surface area (Å²) in [5.41, 5.74) is 11.9. The minimum absolute atomic E-state index is 0.102. The second-order valence-electron chi connectivity index (χ2n) is 4.32. The van der Waals surface area contributed by atoms with Crippen molar-refractivity contribution in [1.29, 1.82) is 0 Å². The second-order valence-corrected chi connectivity index (χ2v) is 6.82. The number of thiophene rings is 1. The van der Waals surface area contributed by atoms with Crippen molar-refractivity contribution < 1.29 is 0 Å². The number of nitrogens with two attached hydrogens (primary N) is 2. The van der Waals surface area contributed by atoms with Crippen molar-refractivity contribution in [3.05, 3.63) is 20.8 Å². The van der Waals surface area contributed by atoms with Gasteiger partial charge in [-0.1, -0.05) is 13.8 Å². The van der Waals surface area contributed by atoms with Crippen LogP contribution in [-0.2, 0) is 0 Å². The van der Waals surface area contributed by atoms with Crippen molar-refractivity contribution in [2.75, 3.05) is 6.54 Å². The molecule has 0 aromatic carbocycles. The average Bonchev–Trinajstić information content (AvgIpc) is 2.51. The Bertz CT molecular complexity index is 296. The molecule has 4 heteroatoms. The van der Waals surface area contributed by atoms with E-state index in [2.05, 4.69) is 35.8 Å². The third-order valence-corrected chi connectivity index (χ3v) is 4.04. The Morgan fingerprint density at radius 1 is 1.50 bits per heavy atom. The molecule has 0 saturated carbocycles. The fourth-order valence-corrected chi connectivity index (χ4v) is 2.73. The van der Waals surface area contributed by atoms with Gasteiger partial charge in [-0.25, -0.2) is 0 Å². The van der Waals surface area contributed by atoms with Gasteiger partial charge in [-0.15, -0.1) is 11.3 Å². The minimum Gasteiger partial charge on any atom is -0.330 e. The van der Waals surface area contributed by atoms with Crippen LogP contribution in [0.25, 0.3) is 0 Å². The summed E-state index contributed by atoms with van der Waals surface area (Å²) in [6, 6.07) is 4.21. The van der Waals surface area contributed by atoms with Gasteiger partial charge in [0.1, 0.15) is 0 Å². The van der Waals surface area contributed by atoms with Gasteiger partial charge in [-0.2, -0.15) is 0 Å². The topological polar surface area (TPSA) is 52.0 Å². The van der Waals surface area contributed by atoms with E-state index in [-0.39, 0.29) is 11.5 Å². The van der Waals surface area contributed by atoms with E-state index >= 15 is 0 Å². The number of hydrogen-bond donors (Lipinski definition) is 2. The lowest BCUT2D eigenvalue weighted by molar-refractivity contribution is 0.319. The Morgan fingerprint density at radius 2 is 2.14 bits per heavy atom. The van der Waals surface area contributed by atoms with Gasteiger partial charge >= 0.3 is 0 Å². The lowest BCUT2D eigenvalue weighted by Crippen LogP contribution is -2.28. The highest BCUT2D eigenvalue weighted by Crippen LogP contribution is 2.32. The van der Waals surface area contributed by atoms with Gasteiger partial charge in [0.05, 0.1) is 3.79 Å². The van der Waals surface area contributed by atoms with E-state index < -0.39 is 0 Å². The molecule has 1 heterocycles. The maximum atomic E-state index is 6.10. The Labute approximate surface area is 97.8 Å². The van der Waals surface area contributed by atoms with Crippen LogP contribution < -0.4 is 11.5 Å². The molecule has 0 amide bonds. The van der Waals surface area contributed by atoms with E-state index in [9.17, 15) is 0 Å². The number of rotatable bonds is 4. The monoisotopic (exact) mass is 276 g/mol. The van der Waals surface area contributed by atoms with Crippen LogP contribution in [0.15, 0.2) is 15.9 Å². The normalized spacial score (nSPS) is 14.4. The summed E-state index contributed by atoms with van der Waals surface area (Å²) in [7, 11) is 0. The highest BCUT2D eigenvalue weighted by atomic mass is 79.9. The van der Waals surface area contributed by atoms with Gasteiger partial charge in [0.2, 0.25) is 0 Å². The van der Waals surface area contributed by atoms with Crippen LogP contribution in [0.1, 0.15) is 31.2 Å². The van der Waals surface area contributed by atoms with Crippen molar-refractivity contribution in [1.82, 2.24) is 0 Å². The molecule has 0 radical (unpaired) electrons. The first kappa shape index (κ1) is 12.2. The summed E-state index contributed by atoms with van der Waals surface area (Å²) in [5, 5.41) is 0. The van der Waals surface area contributed by atoms with E-state index in [4.69, 9.17) is 11.5 Å². The van der Waals surface area contributed by atoms with Crippen molar-refractivity contribution in [2.24, 2.45) is 16.9 Å². The molecule has 1 atom stereocenters. The van der Waals surface area contributed by atoms with Gasteiger partial charge in [-0.05, 0) is 46.4 Å². The second kappa shape index (κ2) is 4.75. The van der Waals surface area contributed by atoms with E-state index in [1.807, 2.05) is 6.07 Å². The molecule has 1 aromatic rings. The summed E-state index contributed by atoms with van der Waals surface area (Å²) < 4.78 is 1.13. The molecular weight excluding hydrogens is 260 g/mol. The molecular formula is C10H17BrN2S. The molecule has 0 aliphatic heterocycles. The Morgan fingerprint density at radius 3 is 2.57 bits per heavy atom. The van der Waals surface area contributed by atoms with Gasteiger partial charge < -0.3 is 11.5 Å². The molecule has 0 spiro atoms. The molecule has 1 aromatic heterocycles. The summed E-state index contributed by atoms with van der Waals surface area (Å²) in [4.78, 5) is 1.22. The molecule has 2 nitrogen and oxygen atoms in total. The quantitative estimate of drug-likeness (QED) is 0.889. The molecule has 80 valence electrons. The van der Waals surface area contributed by atoms with Crippen molar-refractivity contribution in [2.45, 2.75) is 26.3 Å². The largest absolute Gasteiger partial charge is 0.330 e. The molecule has 0 fully saturated rings. The third kappa shape index (κ3) is 3.35. The summed E-state index contributed by atoms with van der Waals surface area (Å²) in [6.45, 7) is 4.97. The van der Waals surface area contributed by atoms with Crippen molar-refractivity contribution >= 4 is 27.3 Å². The Kier molecular flexibility index (Phi) is 4.13. The van der Waals surface area contributed by atoms with Crippen molar-refractivity contribution in [3.8, 4) is 0 Å². The molecule has 14 heavy (non-hydrogen) atoms. The Balaban J connectivity index is 2.63. The first-order valence-electron chi connectivity index (χ1n) is 4.65. The third-order valence-electron chi connectivity index (χ3n) is 2.28. The van der Waals surface area contributed by atoms with Gasteiger partial charge in [0.25, 0.3) is 0 Å². The standard InChI is InChI=1S/C10H17BrN2S/c1-10(2,6-12)5-7(13)8-3-4-9(11)14-8/h3-4,7H,5-6,12-13H2,1-2H3. The zero-order valence-corrected chi connectivity index (χ0v) is 11.0. The predicted molar refractivity (Wildman–Crippen MR) is 66.4 cm³/mol. The van der Waals surface area contributed by atoms with Gasteiger partial charge in [0, 0.05) is 10.9 Å². The smallest absolute Gasteiger partial charge is 0.0701 e. The van der Waals surface area contributed by atoms with E-state index in [0.29, 0.717) is 6.54 Å². The number of halogens is 1. The zero-order chi connectivity index (χ0) is 10.8. The molecule has 1 unspecified atom stereocenters. The van der Waals surface area contributed by atoms with Crippen molar-refractivity contribution in [3.63, 3.8) is 0 Å². The average molecular weight is 277 g/mol. The van der Waals surface area contributed by atoms with Crippen LogP contribution in [0.5, 0.6) is 0 Å². The Hall–Kier alpha value is 0.1000. The van der Waals surface area contributed by atoms with Crippen LogP contribution in [0, 0.1) is 5.41 Å². The van der Waals surface area contributed by atoms with Crippen LogP contribution >= 0.6 is 27.3 Å². The maximum Gasteiger partial charge on any atom is 0.0701 e. The fourth-order valence-electron chi connectivity index (χ4n) is 1.31. The number of hydrogen-bond acceptors (Lipinski definition) is 3. The first-order chi connectivity index (χ1) is 6.44. The van der Waals surface area contributed by atoms with Crippen LogP contribution in [0.2, 0.25) is 0 Å². The minimum atomic E-state index is 0.102. The molecule has 1 rings (SSSR count). The van der Waals surface area contributed by atoms with Gasteiger partial charge in [0.15, 0.2) is 0 Å². The molecule has 0 bridgehead atoms. The molecule has 0 saturated heterocycles.